The molecule has 3 nitrogen and oxygen atoms in total. The Morgan fingerprint density at radius 3 is 2.81 bits per heavy atom. The molecular weight excluding hydrogens is 202 g/mol. The maximum Gasteiger partial charge on any atom is 0.0996 e. The van der Waals surface area contributed by atoms with E-state index in [2.05, 4.69) is 4.98 Å². The van der Waals surface area contributed by atoms with Gasteiger partial charge in [0.15, 0.2) is 0 Å². The van der Waals surface area contributed by atoms with E-state index in [-0.39, 0.29) is 12.5 Å². The van der Waals surface area contributed by atoms with E-state index in [9.17, 15) is 0 Å². The molecule has 2 aromatic heterocycles. The van der Waals surface area contributed by atoms with Gasteiger partial charge in [-0.15, -0.1) is 0 Å². The summed E-state index contributed by atoms with van der Waals surface area (Å²) < 4.78 is 5.01. The quantitative estimate of drug-likeness (QED) is 0.855. The molecular formula is C13H15NO2. The summed E-state index contributed by atoms with van der Waals surface area (Å²) in [6, 6.07) is 5.91. The van der Waals surface area contributed by atoms with Gasteiger partial charge in [-0.05, 0) is 30.0 Å². The van der Waals surface area contributed by atoms with Crippen molar-refractivity contribution in [2.75, 3.05) is 6.61 Å². The first-order valence-electron chi connectivity index (χ1n) is 5.38. The first-order valence-corrected chi connectivity index (χ1v) is 5.38. The first kappa shape index (κ1) is 10.9. The van der Waals surface area contributed by atoms with Crippen LogP contribution in [0.4, 0.5) is 0 Å². The fraction of sp³-hybridized carbons (Fsp3) is 0.308. The highest BCUT2D eigenvalue weighted by Crippen LogP contribution is 2.18. The van der Waals surface area contributed by atoms with E-state index in [1.54, 1.807) is 12.5 Å². The van der Waals surface area contributed by atoms with Gasteiger partial charge in [-0.2, -0.15) is 0 Å². The predicted octanol–water partition coefficient (Wildman–Crippen LogP) is 2.51. The summed E-state index contributed by atoms with van der Waals surface area (Å²) in [6.45, 7) is 2.23. The second-order valence-electron chi connectivity index (χ2n) is 4.06. The molecule has 0 aliphatic heterocycles. The third kappa shape index (κ3) is 2.49. The predicted molar refractivity (Wildman–Crippen MR) is 61.9 cm³/mol. The zero-order valence-electron chi connectivity index (χ0n) is 9.26. The van der Waals surface area contributed by atoms with Crippen molar-refractivity contribution < 1.29 is 9.52 Å². The van der Waals surface area contributed by atoms with E-state index in [1.807, 2.05) is 31.3 Å². The van der Waals surface area contributed by atoms with Crippen LogP contribution in [0.1, 0.15) is 12.5 Å². The number of aliphatic hydroxyl groups excluding tert-OH is 1. The highest BCUT2D eigenvalue weighted by molar-refractivity contribution is 5.57. The Balaban J connectivity index is 2.11. The fourth-order valence-electron chi connectivity index (χ4n) is 1.59. The number of pyridine rings is 1. The van der Waals surface area contributed by atoms with Gasteiger partial charge in [-0.25, -0.2) is 0 Å². The average Bonchev–Trinajstić information content (AvgIpc) is 2.83. The van der Waals surface area contributed by atoms with Crippen molar-refractivity contribution >= 4 is 0 Å². The first-order chi connectivity index (χ1) is 7.79. The van der Waals surface area contributed by atoms with Gasteiger partial charge < -0.3 is 9.52 Å². The Labute approximate surface area is 94.8 Å². The Morgan fingerprint density at radius 1 is 1.38 bits per heavy atom. The zero-order valence-corrected chi connectivity index (χ0v) is 9.26. The molecule has 0 spiro atoms. The summed E-state index contributed by atoms with van der Waals surface area (Å²) in [4.78, 5) is 4.37. The highest BCUT2D eigenvalue weighted by atomic mass is 16.3. The Kier molecular flexibility index (Phi) is 3.37. The molecule has 3 heteroatoms. The number of furan rings is 1. The minimum absolute atomic E-state index is 0.212. The molecule has 0 aromatic carbocycles. The SMILES string of the molecule is CC(CO)Cc1ccc(-c2ccoc2)nc1. The maximum atomic E-state index is 8.97. The lowest BCUT2D eigenvalue weighted by atomic mass is 10.0. The molecule has 1 N–H and O–H groups in total. The molecule has 1 atom stereocenters. The fourth-order valence-corrected chi connectivity index (χ4v) is 1.59. The minimum Gasteiger partial charge on any atom is -0.472 e. The molecule has 1 unspecified atom stereocenters. The van der Waals surface area contributed by atoms with E-state index in [0.29, 0.717) is 0 Å². The minimum atomic E-state index is 0.212. The highest BCUT2D eigenvalue weighted by Gasteiger charge is 2.04. The molecule has 0 amide bonds. The van der Waals surface area contributed by atoms with Crippen LogP contribution < -0.4 is 0 Å². The molecule has 84 valence electrons. The average molecular weight is 217 g/mol. The van der Waals surface area contributed by atoms with Crippen LogP contribution in [-0.4, -0.2) is 16.7 Å². The number of aliphatic hydroxyl groups is 1. The van der Waals surface area contributed by atoms with Crippen molar-refractivity contribution in [1.82, 2.24) is 4.98 Å². The summed E-state index contributed by atoms with van der Waals surface area (Å²) in [7, 11) is 0. The van der Waals surface area contributed by atoms with Crippen LogP contribution in [0.2, 0.25) is 0 Å². The molecule has 2 aromatic rings. The van der Waals surface area contributed by atoms with Crippen LogP contribution in [0.25, 0.3) is 11.3 Å². The summed E-state index contributed by atoms with van der Waals surface area (Å²) in [5, 5.41) is 8.97. The number of aromatic nitrogens is 1. The topological polar surface area (TPSA) is 46.3 Å². The number of nitrogens with zero attached hydrogens (tertiary/aromatic N) is 1. The Bertz CT molecular complexity index is 420. The van der Waals surface area contributed by atoms with Crippen molar-refractivity contribution in [3.8, 4) is 11.3 Å². The van der Waals surface area contributed by atoms with Crippen LogP contribution in [-0.2, 0) is 6.42 Å². The third-order valence-electron chi connectivity index (χ3n) is 2.54. The molecule has 16 heavy (non-hydrogen) atoms. The van der Waals surface area contributed by atoms with Crippen LogP contribution in [0.15, 0.2) is 41.3 Å². The van der Waals surface area contributed by atoms with E-state index in [1.165, 1.54) is 0 Å². The van der Waals surface area contributed by atoms with Crippen LogP contribution in [0.3, 0.4) is 0 Å². The summed E-state index contributed by atoms with van der Waals surface area (Å²) >= 11 is 0. The van der Waals surface area contributed by atoms with Gasteiger partial charge in [-0.3, -0.25) is 4.98 Å². The van der Waals surface area contributed by atoms with Crippen molar-refractivity contribution in [3.05, 3.63) is 42.5 Å². The monoisotopic (exact) mass is 217 g/mol. The molecule has 2 rings (SSSR count). The van der Waals surface area contributed by atoms with Crippen LogP contribution >= 0.6 is 0 Å². The largest absolute Gasteiger partial charge is 0.472 e. The normalized spacial score (nSPS) is 12.6. The molecule has 0 aliphatic carbocycles. The number of hydrogen-bond donors (Lipinski definition) is 1. The van der Waals surface area contributed by atoms with Gasteiger partial charge in [0.1, 0.15) is 0 Å². The zero-order chi connectivity index (χ0) is 11.4. The smallest absolute Gasteiger partial charge is 0.0996 e. The third-order valence-corrected chi connectivity index (χ3v) is 2.54. The van der Waals surface area contributed by atoms with Crippen molar-refractivity contribution in [2.24, 2.45) is 5.92 Å². The summed E-state index contributed by atoms with van der Waals surface area (Å²) in [5.41, 5.74) is 3.05. The molecule has 0 saturated carbocycles. The number of hydrogen-bond acceptors (Lipinski definition) is 3. The molecule has 0 fully saturated rings. The van der Waals surface area contributed by atoms with E-state index < -0.39 is 0 Å². The second kappa shape index (κ2) is 4.94. The van der Waals surface area contributed by atoms with Crippen molar-refractivity contribution in [2.45, 2.75) is 13.3 Å². The van der Waals surface area contributed by atoms with Crippen molar-refractivity contribution in [1.29, 1.82) is 0 Å². The summed E-state index contributed by atoms with van der Waals surface area (Å²) in [6.07, 6.45) is 6.03. The van der Waals surface area contributed by atoms with E-state index in [0.717, 1.165) is 23.2 Å². The molecule has 0 saturated heterocycles. The molecule has 2 heterocycles. The molecule has 0 bridgehead atoms. The maximum absolute atomic E-state index is 8.97. The van der Waals surface area contributed by atoms with Crippen LogP contribution in [0, 0.1) is 5.92 Å². The lowest BCUT2D eigenvalue weighted by Crippen LogP contribution is -2.04. The Morgan fingerprint density at radius 2 is 2.25 bits per heavy atom. The van der Waals surface area contributed by atoms with Gasteiger partial charge in [-0.1, -0.05) is 13.0 Å². The Hall–Kier alpha value is -1.61. The van der Waals surface area contributed by atoms with Gasteiger partial charge in [0.05, 0.1) is 18.2 Å². The number of rotatable bonds is 4. The lowest BCUT2D eigenvalue weighted by molar-refractivity contribution is 0.237. The second-order valence-corrected chi connectivity index (χ2v) is 4.06. The van der Waals surface area contributed by atoms with Gasteiger partial charge >= 0.3 is 0 Å². The van der Waals surface area contributed by atoms with Crippen LogP contribution in [0.5, 0.6) is 0 Å². The van der Waals surface area contributed by atoms with Crippen molar-refractivity contribution in [3.63, 3.8) is 0 Å². The summed E-state index contributed by atoms with van der Waals surface area (Å²) in [5.74, 6) is 0.279. The molecule has 0 aliphatic rings. The van der Waals surface area contributed by atoms with E-state index >= 15 is 0 Å². The van der Waals surface area contributed by atoms with E-state index in [4.69, 9.17) is 9.52 Å². The standard InChI is InChI=1S/C13H15NO2/c1-10(8-15)6-11-2-3-13(14-7-11)12-4-5-16-9-12/h2-5,7,9-10,15H,6,8H2,1H3. The van der Waals surface area contributed by atoms with Gasteiger partial charge in [0.2, 0.25) is 0 Å². The van der Waals surface area contributed by atoms with Gasteiger partial charge in [0, 0.05) is 18.4 Å². The lowest BCUT2D eigenvalue weighted by Gasteiger charge is -2.07. The van der Waals surface area contributed by atoms with Gasteiger partial charge in [0.25, 0.3) is 0 Å². The molecule has 0 radical (unpaired) electrons.